The lowest BCUT2D eigenvalue weighted by Gasteiger charge is -2.12. The molecule has 0 radical (unpaired) electrons. The average molecular weight is 316 g/mol. The van der Waals surface area contributed by atoms with E-state index in [2.05, 4.69) is 12.2 Å². The molecule has 0 fully saturated rings. The molecule has 19 heavy (non-hydrogen) atoms. The van der Waals surface area contributed by atoms with Gasteiger partial charge in [0.15, 0.2) is 0 Å². The van der Waals surface area contributed by atoms with Crippen molar-refractivity contribution in [3.05, 3.63) is 52.4 Å². The highest BCUT2D eigenvalue weighted by Crippen LogP contribution is 2.29. The lowest BCUT2D eigenvalue weighted by Crippen LogP contribution is -2.21. The van der Waals surface area contributed by atoms with Gasteiger partial charge in [-0.25, -0.2) is 0 Å². The average Bonchev–Trinajstić information content (AvgIpc) is 2.87. The van der Waals surface area contributed by atoms with E-state index in [0.717, 1.165) is 23.7 Å². The van der Waals surface area contributed by atoms with E-state index in [9.17, 15) is 0 Å². The maximum Gasteiger partial charge on any atom is 0.117 e. The quantitative estimate of drug-likeness (QED) is 0.771. The van der Waals surface area contributed by atoms with Crippen LogP contribution in [0.5, 0.6) is 0 Å². The minimum atomic E-state index is 0.437. The van der Waals surface area contributed by atoms with Crippen LogP contribution in [0, 0.1) is 0 Å². The number of rotatable bonds is 6. The van der Waals surface area contributed by atoms with Crippen LogP contribution in [0.15, 0.2) is 45.9 Å². The Morgan fingerprint density at radius 3 is 2.79 bits per heavy atom. The van der Waals surface area contributed by atoms with E-state index < -0.39 is 0 Å². The van der Waals surface area contributed by atoms with Gasteiger partial charge in [0.25, 0.3) is 0 Å². The van der Waals surface area contributed by atoms with Crippen LogP contribution >= 0.6 is 35.0 Å². The van der Waals surface area contributed by atoms with Crippen LogP contribution in [0.2, 0.25) is 10.0 Å². The molecule has 1 aromatic carbocycles. The third-order valence-corrected chi connectivity index (χ3v) is 4.37. The second-order valence-corrected chi connectivity index (χ2v) is 6.54. The Hall–Kier alpha value is -0.610. The molecule has 0 saturated carbocycles. The third-order valence-electron chi connectivity index (χ3n) is 2.54. The highest BCUT2D eigenvalue weighted by Gasteiger charge is 2.06. The molecule has 2 rings (SSSR count). The summed E-state index contributed by atoms with van der Waals surface area (Å²) < 4.78 is 5.26. The highest BCUT2D eigenvalue weighted by atomic mass is 35.5. The van der Waals surface area contributed by atoms with Crippen LogP contribution in [0.25, 0.3) is 0 Å². The molecule has 0 bridgehead atoms. The Balaban J connectivity index is 1.77. The monoisotopic (exact) mass is 315 g/mol. The van der Waals surface area contributed by atoms with Crippen LogP contribution < -0.4 is 5.32 Å². The molecule has 1 atom stereocenters. The summed E-state index contributed by atoms with van der Waals surface area (Å²) >= 11 is 13.7. The topological polar surface area (TPSA) is 25.2 Å². The lowest BCUT2D eigenvalue weighted by atomic mass is 10.4. The number of halogens is 2. The van der Waals surface area contributed by atoms with Crippen molar-refractivity contribution in [3.63, 3.8) is 0 Å². The lowest BCUT2D eigenvalue weighted by molar-refractivity contribution is 0.484. The van der Waals surface area contributed by atoms with Crippen LogP contribution in [0.3, 0.4) is 0 Å². The van der Waals surface area contributed by atoms with Crippen LogP contribution in [0.1, 0.15) is 12.7 Å². The molecule has 1 N–H and O–H groups in total. The van der Waals surface area contributed by atoms with Crippen molar-refractivity contribution in [3.8, 4) is 0 Å². The van der Waals surface area contributed by atoms with Crippen molar-refractivity contribution >= 4 is 35.0 Å². The van der Waals surface area contributed by atoms with Gasteiger partial charge < -0.3 is 9.73 Å². The molecular formula is C14H15Cl2NOS. The van der Waals surface area contributed by atoms with E-state index in [-0.39, 0.29) is 0 Å². The Morgan fingerprint density at radius 2 is 2.11 bits per heavy atom. The van der Waals surface area contributed by atoms with Crippen molar-refractivity contribution in [1.29, 1.82) is 0 Å². The Bertz CT molecular complexity index is 516. The van der Waals surface area contributed by atoms with E-state index in [4.69, 9.17) is 27.6 Å². The molecule has 2 aromatic rings. The molecule has 0 aliphatic carbocycles. The van der Waals surface area contributed by atoms with E-state index in [1.807, 2.05) is 30.3 Å². The first-order chi connectivity index (χ1) is 9.15. The number of furan rings is 1. The van der Waals surface area contributed by atoms with Crippen LogP contribution in [-0.2, 0) is 6.54 Å². The number of thioether (sulfide) groups is 1. The summed E-state index contributed by atoms with van der Waals surface area (Å²) in [5, 5.41) is 4.99. The van der Waals surface area contributed by atoms with E-state index in [1.165, 1.54) is 0 Å². The summed E-state index contributed by atoms with van der Waals surface area (Å²) in [7, 11) is 0. The third kappa shape index (κ3) is 4.77. The molecule has 1 unspecified atom stereocenters. The number of hydrogen-bond donors (Lipinski definition) is 1. The molecule has 0 spiro atoms. The fourth-order valence-electron chi connectivity index (χ4n) is 1.64. The summed E-state index contributed by atoms with van der Waals surface area (Å²) in [4.78, 5) is 1.13. The van der Waals surface area contributed by atoms with Gasteiger partial charge in [0, 0.05) is 16.7 Å². The summed E-state index contributed by atoms with van der Waals surface area (Å²) in [5.74, 6) is 0.951. The van der Waals surface area contributed by atoms with Crippen molar-refractivity contribution in [2.45, 2.75) is 23.6 Å². The fourth-order valence-corrected chi connectivity index (χ4v) is 3.00. The number of nitrogens with one attached hydrogen (secondary N) is 1. The second kappa shape index (κ2) is 7.25. The largest absolute Gasteiger partial charge is 0.468 e. The van der Waals surface area contributed by atoms with Crippen molar-refractivity contribution in [1.82, 2.24) is 5.32 Å². The summed E-state index contributed by atoms with van der Waals surface area (Å²) in [6, 6.07) is 9.57. The SMILES string of the molecule is CC(CNCc1ccco1)Sc1ccc(Cl)c(Cl)c1. The van der Waals surface area contributed by atoms with Crippen LogP contribution in [-0.4, -0.2) is 11.8 Å². The molecular weight excluding hydrogens is 301 g/mol. The normalized spacial score (nSPS) is 12.6. The first-order valence-corrected chi connectivity index (χ1v) is 7.63. The van der Waals surface area contributed by atoms with Crippen LogP contribution in [0.4, 0.5) is 0 Å². The highest BCUT2D eigenvalue weighted by molar-refractivity contribution is 8.00. The first-order valence-electron chi connectivity index (χ1n) is 6.00. The molecule has 2 nitrogen and oxygen atoms in total. The van der Waals surface area contributed by atoms with Gasteiger partial charge in [-0.2, -0.15) is 0 Å². The van der Waals surface area contributed by atoms with Crippen molar-refractivity contribution in [2.24, 2.45) is 0 Å². The van der Waals surface area contributed by atoms with Gasteiger partial charge in [0.05, 0.1) is 22.9 Å². The number of hydrogen-bond acceptors (Lipinski definition) is 3. The van der Waals surface area contributed by atoms with Gasteiger partial charge in [-0.3, -0.25) is 0 Å². The van der Waals surface area contributed by atoms with Crippen molar-refractivity contribution < 1.29 is 4.42 Å². The molecule has 0 saturated heterocycles. The maximum absolute atomic E-state index is 6.00. The Morgan fingerprint density at radius 1 is 1.26 bits per heavy atom. The molecule has 1 aromatic heterocycles. The molecule has 5 heteroatoms. The van der Waals surface area contributed by atoms with Gasteiger partial charge in [-0.05, 0) is 30.3 Å². The van der Waals surface area contributed by atoms with Gasteiger partial charge in [0.2, 0.25) is 0 Å². The van der Waals surface area contributed by atoms with Gasteiger partial charge in [-0.1, -0.05) is 30.1 Å². The first kappa shape index (κ1) is 14.8. The predicted molar refractivity (Wildman–Crippen MR) is 82.2 cm³/mol. The summed E-state index contributed by atoms with van der Waals surface area (Å²) in [5.41, 5.74) is 0. The minimum Gasteiger partial charge on any atom is -0.468 e. The van der Waals surface area contributed by atoms with Gasteiger partial charge in [-0.15, -0.1) is 11.8 Å². The minimum absolute atomic E-state index is 0.437. The molecule has 0 amide bonds. The standard InChI is InChI=1S/C14H15Cl2NOS/c1-10(8-17-9-11-3-2-6-18-11)19-12-4-5-13(15)14(16)7-12/h2-7,10,17H,8-9H2,1H3. The van der Waals surface area contributed by atoms with E-state index in [0.29, 0.717) is 15.3 Å². The zero-order chi connectivity index (χ0) is 13.7. The zero-order valence-corrected chi connectivity index (χ0v) is 12.9. The maximum atomic E-state index is 6.00. The summed E-state index contributed by atoms with van der Waals surface area (Å²) in [6.07, 6.45) is 1.69. The molecule has 102 valence electrons. The zero-order valence-electron chi connectivity index (χ0n) is 10.5. The molecule has 0 aliphatic heterocycles. The molecule has 1 heterocycles. The smallest absolute Gasteiger partial charge is 0.117 e. The van der Waals surface area contributed by atoms with E-state index in [1.54, 1.807) is 18.0 Å². The number of benzene rings is 1. The predicted octanol–water partition coefficient (Wildman–Crippen LogP) is 4.86. The van der Waals surface area contributed by atoms with Gasteiger partial charge in [0.1, 0.15) is 5.76 Å². The fraction of sp³-hybridized carbons (Fsp3) is 0.286. The molecule has 0 aliphatic rings. The van der Waals surface area contributed by atoms with Crippen molar-refractivity contribution in [2.75, 3.05) is 6.54 Å². The van der Waals surface area contributed by atoms with Gasteiger partial charge >= 0.3 is 0 Å². The van der Waals surface area contributed by atoms with E-state index >= 15 is 0 Å². The summed E-state index contributed by atoms with van der Waals surface area (Å²) in [6.45, 7) is 3.81. The Labute approximate surface area is 127 Å². The second-order valence-electron chi connectivity index (χ2n) is 4.21. The Kier molecular flexibility index (Phi) is 5.64.